The van der Waals surface area contributed by atoms with Crippen LogP contribution in [-0.2, 0) is 11.3 Å². The Bertz CT molecular complexity index is 555. The van der Waals surface area contributed by atoms with Crippen molar-refractivity contribution >= 4 is 35.8 Å². The molecule has 6 nitrogen and oxygen atoms in total. The number of furan rings is 1. The van der Waals surface area contributed by atoms with E-state index in [1.165, 1.54) is 12.8 Å². The van der Waals surface area contributed by atoms with Crippen LogP contribution >= 0.6 is 24.0 Å². The molecule has 2 heterocycles. The Morgan fingerprint density at radius 1 is 1.36 bits per heavy atom. The zero-order chi connectivity index (χ0) is 16.8. The van der Waals surface area contributed by atoms with Crippen molar-refractivity contribution in [1.29, 1.82) is 0 Å². The first-order chi connectivity index (χ1) is 11.8. The SMILES string of the molecule is CCNC(=NCc1ccco1)NC1CCN(C(=O)C2CCCC2)C1.I. The first-order valence-corrected chi connectivity index (χ1v) is 9.12. The molecule has 1 amide bonds. The second-order valence-corrected chi connectivity index (χ2v) is 6.67. The summed E-state index contributed by atoms with van der Waals surface area (Å²) in [7, 11) is 0. The lowest BCUT2D eigenvalue weighted by atomic mass is 10.1. The summed E-state index contributed by atoms with van der Waals surface area (Å²) in [5.74, 6) is 2.25. The molecule has 1 saturated heterocycles. The Morgan fingerprint density at radius 3 is 2.84 bits per heavy atom. The summed E-state index contributed by atoms with van der Waals surface area (Å²) in [6, 6.07) is 4.06. The molecule has 2 aliphatic rings. The quantitative estimate of drug-likeness (QED) is 0.403. The monoisotopic (exact) mass is 460 g/mol. The van der Waals surface area contributed by atoms with Gasteiger partial charge in [-0.1, -0.05) is 12.8 Å². The van der Waals surface area contributed by atoms with E-state index in [-0.39, 0.29) is 35.9 Å². The molecule has 2 fully saturated rings. The van der Waals surface area contributed by atoms with Crippen molar-refractivity contribution in [3.05, 3.63) is 24.2 Å². The average molecular weight is 460 g/mol. The summed E-state index contributed by atoms with van der Waals surface area (Å²) in [6.07, 6.45) is 7.19. The van der Waals surface area contributed by atoms with E-state index in [1.807, 2.05) is 17.0 Å². The van der Waals surface area contributed by atoms with E-state index in [2.05, 4.69) is 22.5 Å². The van der Waals surface area contributed by atoms with Gasteiger partial charge in [0.05, 0.1) is 6.26 Å². The highest BCUT2D eigenvalue weighted by Gasteiger charge is 2.32. The van der Waals surface area contributed by atoms with E-state index >= 15 is 0 Å². The average Bonchev–Trinajstić information content (AvgIpc) is 3.33. The number of nitrogens with one attached hydrogen (secondary N) is 2. The van der Waals surface area contributed by atoms with Gasteiger partial charge < -0.3 is 20.0 Å². The zero-order valence-electron chi connectivity index (χ0n) is 14.9. The molecule has 1 unspecified atom stereocenters. The van der Waals surface area contributed by atoms with Gasteiger partial charge in [0.25, 0.3) is 0 Å². The lowest BCUT2D eigenvalue weighted by Gasteiger charge is -2.21. The number of guanidine groups is 1. The number of hydrogen-bond donors (Lipinski definition) is 2. The van der Waals surface area contributed by atoms with Crippen molar-refractivity contribution in [2.75, 3.05) is 19.6 Å². The van der Waals surface area contributed by atoms with Crippen molar-refractivity contribution < 1.29 is 9.21 Å². The van der Waals surface area contributed by atoms with Crippen LogP contribution in [0.15, 0.2) is 27.8 Å². The summed E-state index contributed by atoms with van der Waals surface area (Å²) in [5.41, 5.74) is 0. The van der Waals surface area contributed by atoms with Crippen LogP contribution in [0.4, 0.5) is 0 Å². The Hall–Kier alpha value is -1.25. The molecule has 25 heavy (non-hydrogen) atoms. The summed E-state index contributed by atoms with van der Waals surface area (Å²) >= 11 is 0. The highest BCUT2D eigenvalue weighted by molar-refractivity contribution is 14.0. The van der Waals surface area contributed by atoms with Crippen LogP contribution in [-0.4, -0.2) is 42.4 Å². The van der Waals surface area contributed by atoms with Crippen LogP contribution in [0.2, 0.25) is 0 Å². The molecule has 3 rings (SSSR count). The number of likely N-dealkylation sites (tertiary alicyclic amines) is 1. The smallest absolute Gasteiger partial charge is 0.225 e. The summed E-state index contributed by atoms with van der Waals surface area (Å²) in [6.45, 7) is 5.00. The summed E-state index contributed by atoms with van der Waals surface area (Å²) in [5, 5.41) is 6.72. The van der Waals surface area contributed by atoms with Crippen LogP contribution in [0.25, 0.3) is 0 Å². The maximum atomic E-state index is 12.5. The minimum atomic E-state index is 0. The van der Waals surface area contributed by atoms with Crippen LogP contribution in [0.5, 0.6) is 0 Å². The van der Waals surface area contributed by atoms with Crippen LogP contribution in [0.3, 0.4) is 0 Å². The second kappa shape index (κ2) is 10.0. The molecule has 1 atom stereocenters. The maximum Gasteiger partial charge on any atom is 0.225 e. The number of carbonyl (C=O) groups excluding carboxylic acids is 1. The molecular formula is C18H29IN4O2. The number of hydrogen-bond acceptors (Lipinski definition) is 3. The van der Waals surface area contributed by atoms with E-state index < -0.39 is 0 Å². The van der Waals surface area contributed by atoms with Gasteiger partial charge >= 0.3 is 0 Å². The van der Waals surface area contributed by atoms with Crippen LogP contribution in [0, 0.1) is 5.92 Å². The molecule has 7 heteroatoms. The molecule has 1 saturated carbocycles. The highest BCUT2D eigenvalue weighted by Crippen LogP contribution is 2.27. The van der Waals surface area contributed by atoms with Gasteiger partial charge in [0.2, 0.25) is 5.91 Å². The topological polar surface area (TPSA) is 69.9 Å². The van der Waals surface area contributed by atoms with Gasteiger partial charge in [0.1, 0.15) is 12.3 Å². The molecule has 0 bridgehead atoms. The van der Waals surface area contributed by atoms with E-state index in [4.69, 9.17) is 4.42 Å². The Morgan fingerprint density at radius 2 is 2.16 bits per heavy atom. The van der Waals surface area contributed by atoms with Crippen molar-refractivity contribution in [2.24, 2.45) is 10.9 Å². The largest absolute Gasteiger partial charge is 0.467 e. The molecule has 1 aliphatic carbocycles. The predicted octanol–water partition coefficient (Wildman–Crippen LogP) is 2.74. The third-order valence-electron chi connectivity index (χ3n) is 4.86. The fourth-order valence-electron chi connectivity index (χ4n) is 3.58. The fraction of sp³-hybridized carbons (Fsp3) is 0.667. The number of amides is 1. The van der Waals surface area contributed by atoms with E-state index in [1.54, 1.807) is 6.26 Å². The predicted molar refractivity (Wildman–Crippen MR) is 109 cm³/mol. The van der Waals surface area contributed by atoms with Gasteiger partial charge in [0.15, 0.2) is 5.96 Å². The van der Waals surface area contributed by atoms with Gasteiger partial charge in [0, 0.05) is 31.6 Å². The standard InChI is InChI=1S/C18H28N4O2.HI/c1-2-19-18(20-12-16-8-5-11-24-16)21-15-9-10-22(13-15)17(23)14-6-3-4-7-14;/h5,8,11,14-15H,2-4,6-7,9-10,12-13H2,1H3,(H2,19,20,21);1H. The Kier molecular flexibility index (Phi) is 8.05. The normalized spacial score (nSPS) is 21.2. The van der Waals surface area contributed by atoms with E-state index in [9.17, 15) is 4.79 Å². The van der Waals surface area contributed by atoms with E-state index in [0.29, 0.717) is 12.5 Å². The molecule has 0 radical (unpaired) electrons. The zero-order valence-corrected chi connectivity index (χ0v) is 17.2. The van der Waals surface area contributed by atoms with Gasteiger partial charge in [-0.2, -0.15) is 0 Å². The number of nitrogens with zero attached hydrogens (tertiary/aromatic N) is 2. The van der Waals surface area contributed by atoms with Crippen LogP contribution < -0.4 is 10.6 Å². The van der Waals surface area contributed by atoms with Gasteiger partial charge in [-0.25, -0.2) is 4.99 Å². The van der Waals surface area contributed by atoms with Crippen molar-refractivity contribution in [3.8, 4) is 0 Å². The fourth-order valence-corrected chi connectivity index (χ4v) is 3.58. The number of carbonyl (C=O) groups is 1. The van der Waals surface area contributed by atoms with Crippen LogP contribution in [0.1, 0.15) is 44.8 Å². The third-order valence-corrected chi connectivity index (χ3v) is 4.86. The molecular weight excluding hydrogens is 431 g/mol. The Labute approximate surface area is 166 Å². The van der Waals surface area contributed by atoms with Crippen molar-refractivity contribution in [1.82, 2.24) is 15.5 Å². The first kappa shape index (κ1) is 20.1. The summed E-state index contributed by atoms with van der Waals surface area (Å²) in [4.78, 5) is 19.1. The van der Waals surface area contributed by atoms with Gasteiger partial charge in [-0.05, 0) is 38.3 Å². The number of rotatable bonds is 5. The number of halogens is 1. The molecule has 0 spiro atoms. The lowest BCUT2D eigenvalue weighted by molar-refractivity contribution is -0.134. The molecule has 1 aliphatic heterocycles. The third kappa shape index (κ3) is 5.62. The molecule has 140 valence electrons. The molecule has 2 N–H and O–H groups in total. The van der Waals surface area contributed by atoms with Crippen molar-refractivity contribution in [2.45, 2.75) is 51.6 Å². The first-order valence-electron chi connectivity index (χ1n) is 9.12. The molecule has 0 aromatic carbocycles. The lowest BCUT2D eigenvalue weighted by Crippen LogP contribution is -2.45. The van der Waals surface area contributed by atoms with Crippen molar-refractivity contribution in [3.63, 3.8) is 0 Å². The highest BCUT2D eigenvalue weighted by atomic mass is 127. The minimum Gasteiger partial charge on any atom is -0.467 e. The van der Waals surface area contributed by atoms with E-state index in [0.717, 1.165) is 50.6 Å². The molecule has 1 aromatic rings. The van der Waals surface area contributed by atoms with Gasteiger partial charge in [-0.15, -0.1) is 24.0 Å². The molecule has 1 aromatic heterocycles. The van der Waals surface area contributed by atoms with Gasteiger partial charge in [-0.3, -0.25) is 4.79 Å². The Balaban J connectivity index is 0.00000225. The number of aliphatic imine (C=N–C) groups is 1. The summed E-state index contributed by atoms with van der Waals surface area (Å²) < 4.78 is 5.32. The second-order valence-electron chi connectivity index (χ2n) is 6.67. The minimum absolute atomic E-state index is 0. The maximum absolute atomic E-state index is 12.5.